The van der Waals surface area contributed by atoms with Crippen LogP contribution in [0.1, 0.15) is 45.0 Å². The van der Waals surface area contributed by atoms with Gasteiger partial charge in [-0.2, -0.15) is 0 Å². The fourth-order valence-electron chi connectivity index (χ4n) is 2.41. The van der Waals surface area contributed by atoms with Crippen LogP contribution in [0.4, 0.5) is 8.78 Å². The number of aliphatic hydroxyl groups excluding tert-OH is 1. The van der Waals surface area contributed by atoms with Crippen LogP contribution in [0.3, 0.4) is 0 Å². The van der Waals surface area contributed by atoms with Crippen LogP contribution in [0.5, 0.6) is 5.75 Å². The van der Waals surface area contributed by atoms with E-state index >= 15 is 0 Å². The van der Waals surface area contributed by atoms with Gasteiger partial charge in [0.1, 0.15) is 11.4 Å². The molecule has 130 valence electrons. The lowest BCUT2D eigenvalue weighted by Gasteiger charge is -2.33. The predicted molar refractivity (Wildman–Crippen MR) is 84.5 cm³/mol. The summed E-state index contributed by atoms with van der Waals surface area (Å²) in [5.74, 6) is -3.01. The number of benzene rings is 1. The fourth-order valence-corrected chi connectivity index (χ4v) is 2.41. The summed E-state index contributed by atoms with van der Waals surface area (Å²) >= 11 is 0. The van der Waals surface area contributed by atoms with Crippen molar-refractivity contribution in [3.8, 4) is 5.75 Å². The number of hydrogen-bond donors (Lipinski definition) is 2. The van der Waals surface area contributed by atoms with Gasteiger partial charge in [0.05, 0.1) is 12.7 Å². The van der Waals surface area contributed by atoms with Gasteiger partial charge in [-0.3, -0.25) is 4.79 Å². The van der Waals surface area contributed by atoms with Crippen LogP contribution >= 0.6 is 0 Å². The van der Waals surface area contributed by atoms with Crippen LogP contribution in [0.25, 0.3) is 0 Å². The van der Waals surface area contributed by atoms with Gasteiger partial charge >= 0.3 is 0 Å². The molecule has 2 N–H and O–H groups in total. The van der Waals surface area contributed by atoms with Crippen molar-refractivity contribution in [2.24, 2.45) is 11.3 Å². The normalized spacial score (nSPS) is 13.1. The molecule has 1 amide bonds. The zero-order valence-electron chi connectivity index (χ0n) is 14.2. The van der Waals surface area contributed by atoms with Crippen LogP contribution in [0.15, 0.2) is 12.1 Å². The fraction of sp³-hybridized carbons (Fsp3) is 0.588. The van der Waals surface area contributed by atoms with E-state index < -0.39 is 34.6 Å². The molecule has 0 saturated heterocycles. The maximum absolute atomic E-state index is 14.2. The monoisotopic (exact) mass is 329 g/mol. The van der Waals surface area contributed by atoms with Crippen molar-refractivity contribution >= 4 is 5.91 Å². The largest absolute Gasteiger partial charge is 0.491 e. The lowest BCUT2D eigenvalue weighted by molar-refractivity contribution is 0.0137. The van der Waals surface area contributed by atoms with Crippen molar-refractivity contribution in [1.82, 2.24) is 5.32 Å². The number of ether oxygens (including phenoxy) is 1. The lowest BCUT2D eigenvalue weighted by atomic mass is 9.80. The Morgan fingerprint density at radius 2 is 1.96 bits per heavy atom. The first kappa shape index (κ1) is 19.4. The summed E-state index contributed by atoms with van der Waals surface area (Å²) < 4.78 is 33.1. The summed E-state index contributed by atoms with van der Waals surface area (Å²) in [6.07, 6.45) is -0.660. The number of carbonyl (C=O) groups is 1. The van der Waals surface area contributed by atoms with E-state index in [1.807, 2.05) is 13.8 Å². The average Bonchev–Trinajstić information content (AvgIpc) is 2.47. The van der Waals surface area contributed by atoms with E-state index in [2.05, 4.69) is 5.32 Å². The van der Waals surface area contributed by atoms with Gasteiger partial charge < -0.3 is 15.2 Å². The Balaban J connectivity index is 2.93. The molecule has 0 saturated carbocycles. The zero-order valence-corrected chi connectivity index (χ0v) is 14.2. The number of halogens is 2. The molecule has 1 unspecified atom stereocenters. The predicted octanol–water partition coefficient (Wildman–Crippen LogP) is 3.14. The highest BCUT2D eigenvalue weighted by molar-refractivity contribution is 5.95. The van der Waals surface area contributed by atoms with Crippen LogP contribution in [0, 0.1) is 23.0 Å². The van der Waals surface area contributed by atoms with E-state index in [0.29, 0.717) is 0 Å². The topological polar surface area (TPSA) is 58.6 Å². The minimum atomic E-state index is -1.02. The second-order valence-electron chi connectivity index (χ2n) is 6.53. The third-order valence-electron chi connectivity index (χ3n) is 3.72. The molecule has 1 aromatic carbocycles. The molecule has 0 spiro atoms. The highest BCUT2D eigenvalue weighted by Crippen LogP contribution is 2.26. The number of hydrogen-bond acceptors (Lipinski definition) is 3. The minimum Gasteiger partial charge on any atom is -0.491 e. The molecule has 1 atom stereocenters. The number of amides is 1. The first-order chi connectivity index (χ1) is 10.6. The summed E-state index contributed by atoms with van der Waals surface area (Å²) in [5, 5.41) is 12.6. The van der Waals surface area contributed by atoms with Crippen LogP contribution in [0.2, 0.25) is 0 Å². The van der Waals surface area contributed by atoms with Crippen molar-refractivity contribution in [1.29, 1.82) is 0 Å². The third kappa shape index (κ3) is 4.64. The maximum Gasteiger partial charge on any atom is 0.257 e. The van der Waals surface area contributed by atoms with Crippen molar-refractivity contribution < 1.29 is 23.4 Å². The van der Waals surface area contributed by atoms with Gasteiger partial charge in [0, 0.05) is 12.0 Å². The molecular formula is C17H25F2NO3. The molecule has 0 fully saturated rings. The van der Waals surface area contributed by atoms with Gasteiger partial charge in [-0.15, -0.1) is 0 Å². The molecule has 1 rings (SSSR count). The summed E-state index contributed by atoms with van der Waals surface area (Å²) in [5.41, 5.74) is -1.31. The van der Waals surface area contributed by atoms with Crippen LogP contribution < -0.4 is 10.1 Å². The smallest absolute Gasteiger partial charge is 0.257 e. The Bertz CT molecular complexity index is 559. The number of carbonyl (C=O) groups excluding carboxylic acids is 1. The van der Waals surface area contributed by atoms with E-state index in [9.17, 15) is 18.7 Å². The molecule has 0 bridgehead atoms. The molecule has 0 radical (unpaired) electrons. The van der Waals surface area contributed by atoms with Crippen molar-refractivity contribution in [2.75, 3.05) is 13.2 Å². The third-order valence-corrected chi connectivity index (χ3v) is 3.72. The van der Waals surface area contributed by atoms with Crippen molar-refractivity contribution in [3.63, 3.8) is 0 Å². The highest BCUT2D eigenvalue weighted by atomic mass is 19.1. The molecule has 0 aliphatic rings. The van der Waals surface area contributed by atoms with E-state index in [1.165, 1.54) is 0 Å². The maximum atomic E-state index is 14.2. The van der Waals surface area contributed by atoms with Crippen molar-refractivity contribution in [3.05, 3.63) is 29.3 Å². The first-order valence-corrected chi connectivity index (χ1v) is 7.68. The molecule has 1 aromatic rings. The van der Waals surface area contributed by atoms with Gasteiger partial charge in [-0.25, -0.2) is 8.78 Å². The quantitative estimate of drug-likeness (QED) is 0.808. The minimum absolute atomic E-state index is 0.00310. The molecule has 0 aliphatic carbocycles. The van der Waals surface area contributed by atoms with E-state index in [4.69, 9.17) is 4.74 Å². The highest BCUT2D eigenvalue weighted by Gasteiger charge is 2.31. The SMILES string of the molecule is CCOc1ccc(F)c(C(=O)NCC(C)(C)C(O)C(C)C)c1F. The standard InChI is InChI=1S/C17H25F2NO3/c1-6-23-12-8-7-11(18)13(14(12)19)16(22)20-9-17(4,5)15(21)10(2)3/h7-8,10,15,21H,6,9H2,1-5H3,(H,20,22). The van der Waals surface area contributed by atoms with Crippen LogP contribution in [-0.4, -0.2) is 30.3 Å². The Hall–Kier alpha value is -1.69. The van der Waals surface area contributed by atoms with Gasteiger partial charge in [-0.05, 0) is 25.0 Å². The first-order valence-electron chi connectivity index (χ1n) is 7.68. The van der Waals surface area contributed by atoms with E-state index in [1.54, 1.807) is 20.8 Å². The molecule has 0 aromatic heterocycles. The van der Waals surface area contributed by atoms with E-state index in [0.717, 1.165) is 12.1 Å². The zero-order chi connectivity index (χ0) is 17.8. The summed E-state index contributed by atoms with van der Waals surface area (Å²) in [4.78, 5) is 12.2. The number of rotatable bonds is 7. The summed E-state index contributed by atoms with van der Waals surface area (Å²) in [7, 11) is 0. The number of nitrogens with one attached hydrogen (secondary N) is 1. The molecule has 6 heteroatoms. The van der Waals surface area contributed by atoms with Crippen LogP contribution in [-0.2, 0) is 0 Å². The molecular weight excluding hydrogens is 304 g/mol. The summed E-state index contributed by atoms with van der Waals surface area (Å²) in [6.45, 7) is 9.24. The number of aliphatic hydroxyl groups is 1. The Morgan fingerprint density at radius 3 is 2.48 bits per heavy atom. The van der Waals surface area contributed by atoms with Gasteiger partial charge in [0.15, 0.2) is 11.6 Å². The molecule has 0 heterocycles. The Morgan fingerprint density at radius 1 is 1.35 bits per heavy atom. The Labute approximate surface area is 135 Å². The van der Waals surface area contributed by atoms with Crippen molar-refractivity contribution in [2.45, 2.75) is 40.7 Å². The van der Waals surface area contributed by atoms with E-state index in [-0.39, 0.29) is 24.8 Å². The van der Waals surface area contributed by atoms with Gasteiger partial charge in [-0.1, -0.05) is 27.7 Å². The average molecular weight is 329 g/mol. The lowest BCUT2D eigenvalue weighted by Crippen LogP contribution is -2.43. The summed E-state index contributed by atoms with van der Waals surface area (Å²) in [6, 6.07) is 2.15. The van der Waals surface area contributed by atoms with Gasteiger partial charge in [0.2, 0.25) is 0 Å². The molecule has 4 nitrogen and oxygen atoms in total. The second-order valence-corrected chi connectivity index (χ2v) is 6.53. The Kier molecular flexibility index (Phi) is 6.50. The molecule has 23 heavy (non-hydrogen) atoms. The second kappa shape index (κ2) is 7.73. The molecule has 0 aliphatic heterocycles. The van der Waals surface area contributed by atoms with Gasteiger partial charge in [0.25, 0.3) is 5.91 Å².